The minimum absolute atomic E-state index is 0.448. The topological polar surface area (TPSA) is 47.0 Å². The maximum absolute atomic E-state index is 5.80. The third-order valence-electron chi connectivity index (χ3n) is 3.08. The highest BCUT2D eigenvalue weighted by Crippen LogP contribution is 2.22. The second kappa shape index (κ2) is 6.54. The average Bonchev–Trinajstić information content (AvgIpc) is 2.98. The molecule has 0 atom stereocenters. The molecule has 0 aliphatic rings. The lowest BCUT2D eigenvalue weighted by atomic mass is 10.1. The Morgan fingerprint density at radius 1 is 1.10 bits per heavy atom. The number of hydrogen-bond donors (Lipinski definition) is 1. The Kier molecular flexibility index (Phi) is 4.31. The molecular formula is C16H17N3OS. The van der Waals surface area contributed by atoms with Crippen LogP contribution in [0.4, 0.5) is 5.13 Å². The van der Waals surface area contributed by atoms with E-state index in [0.717, 1.165) is 28.9 Å². The first-order valence-corrected chi connectivity index (χ1v) is 7.84. The van der Waals surface area contributed by atoms with Gasteiger partial charge in [-0.1, -0.05) is 48.6 Å². The van der Waals surface area contributed by atoms with E-state index in [-0.39, 0.29) is 0 Å². The first-order valence-electron chi connectivity index (χ1n) is 7.03. The number of benzene rings is 2. The van der Waals surface area contributed by atoms with E-state index in [1.165, 1.54) is 22.1 Å². The van der Waals surface area contributed by atoms with Crippen LogP contribution in [-0.2, 0) is 6.61 Å². The number of aromatic nitrogens is 2. The first-order chi connectivity index (χ1) is 10.3. The zero-order valence-corrected chi connectivity index (χ0v) is 12.7. The number of hydrogen-bond acceptors (Lipinski definition) is 5. The quantitative estimate of drug-likeness (QED) is 0.744. The van der Waals surface area contributed by atoms with Gasteiger partial charge in [0.15, 0.2) is 5.01 Å². The van der Waals surface area contributed by atoms with Crippen LogP contribution in [-0.4, -0.2) is 16.7 Å². The van der Waals surface area contributed by atoms with Crippen LogP contribution in [0, 0.1) is 0 Å². The van der Waals surface area contributed by atoms with Gasteiger partial charge < -0.3 is 10.1 Å². The number of anilines is 1. The van der Waals surface area contributed by atoms with Gasteiger partial charge in [-0.3, -0.25) is 0 Å². The summed E-state index contributed by atoms with van der Waals surface area (Å²) in [5, 5.41) is 15.6. The van der Waals surface area contributed by atoms with E-state index in [1.807, 2.05) is 24.3 Å². The van der Waals surface area contributed by atoms with E-state index >= 15 is 0 Å². The molecule has 1 aromatic heterocycles. The summed E-state index contributed by atoms with van der Waals surface area (Å²) in [6.45, 7) is 3.49. The van der Waals surface area contributed by atoms with Crippen molar-refractivity contribution in [3.63, 3.8) is 0 Å². The Bertz CT molecular complexity index is 726. The van der Waals surface area contributed by atoms with Crippen molar-refractivity contribution in [2.75, 3.05) is 11.9 Å². The molecule has 1 N–H and O–H groups in total. The second-order valence-corrected chi connectivity index (χ2v) is 5.79. The van der Waals surface area contributed by atoms with Crippen LogP contribution < -0.4 is 10.1 Å². The molecule has 108 valence electrons. The first kappa shape index (κ1) is 13.8. The summed E-state index contributed by atoms with van der Waals surface area (Å²) in [4.78, 5) is 0. The summed E-state index contributed by atoms with van der Waals surface area (Å²) in [6, 6.07) is 14.3. The summed E-state index contributed by atoms with van der Waals surface area (Å²) < 4.78 is 5.80. The number of rotatable bonds is 6. The fourth-order valence-corrected chi connectivity index (χ4v) is 2.70. The van der Waals surface area contributed by atoms with E-state index in [2.05, 4.69) is 40.6 Å². The second-order valence-electron chi connectivity index (χ2n) is 4.73. The lowest BCUT2D eigenvalue weighted by molar-refractivity contribution is 0.305. The number of nitrogens with zero attached hydrogens (tertiary/aromatic N) is 2. The molecule has 0 fully saturated rings. The predicted octanol–water partition coefficient (Wildman–Crippen LogP) is 4.09. The summed E-state index contributed by atoms with van der Waals surface area (Å²) >= 11 is 1.54. The molecule has 0 aliphatic carbocycles. The molecule has 0 amide bonds. The fourth-order valence-electron chi connectivity index (χ4n) is 2.02. The molecule has 3 aromatic rings. The summed E-state index contributed by atoms with van der Waals surface area (Å²) in [7, 11) is 0. The van der Waals surface area contributed by atoms with Crippen molar-refractivity contribution >= 4 is 27.2 Å². The maximum Gasteiger partial charge on any atom is 0.205 e. The molecule has 0 radical (unpaired) electrons. The van der Waals surface area contributed by atoms with Gasteiger partial charge in [-0.05, 0) is 29.3 Å². The highest BCUT2D eigenvalue weighted by atomic mass is 32.1. The molecule has 1 heterocycles. The van der Waals surface area contributed by atoms with Gasteiger partial charge in [0.2, 0.25) is 5.13 Å². The minimum atomic E-state index is 0.448. The Hall–Kier alpha value is -2.14. The van der Waals surface area contributed by atoms with Gasteiger partial charge in [0.05, 0.1) is 0 Å². The number of nitrogens with one attached hydrogen (secondary N) is 1. The normalized spacial score (nSPS) is 10.7. The van der Waals surface area contributed by atoms with E-state index in [0.29, 0.717) is 6.61 Å². The zero-order valence-electron chi connectivity index (χ0n) is 11.9. The third-order valence-corrected chi connectivity index (χ3v) is 3.93. The van der Waals surface area contributed by atoms with Gasteiger partial charge in [0, 0.05) is 6.54 Å². The predicted molar refractivity (Wildman–Crippen MR) is 87.0 cm³/mol. The van der Waals surface area contributed by atoms with Gasteiger partial charge in [-0.15, -0.1) is 10.2 Å². The fraction of sp³-hybridized carbons (Fsp3) is 0.250. The largest absolute Gasteiger partial charge is 0.486 e. The molecule has 5 heteroatoms. The van der Waals surface area contributed by atoms with Crippen LogP contribution in [0.1, 0.15) is 18.4 Å². The monoisotopic (exact) mass is 299 g/mol. The van der Waals surface area contributed by atoms with Crippen LogP contribution in [0.5, 0.6) is 5.75 Å². The molecule has 0 aliphatic heterocycles. The molecular weight excluding hydrogens is 282 g/mol. The number of fused-ring (bicyclic) bond motifs is 1. The van der Waals surface area contributed by atoms with E-state index in [9.17, 15) is 0 Å². The Morgan fingerprint density at radius 3 is 2.81 bits per heavy atom. The summed E-state index contributed by atoms with van der Waals surface area (Å²) in [6.07, 6.45) is 1.07. The van der Waals surface area contributed by atoms with Gasteiger partial charge in [-0.2, -0.15) is 0 Å². The lowest BCUT2D eigenvalue weighted by Gasteiger charge is -2.05. The summed E-state index contributed by atoms with van der Waals surface area (Å²) in [5.74, 6) is 0.854. The SMILES string of the molecule is CCCNc1nnc(COc2ccc3ccccc3c2)s1. The van der Waals surface area contributed by atoms with E-state index in [1.54, 1.807) is 0 Å². The van der Waals surface area contributed by atoms with Crippen molar-refractivity contribution in [1.29, 1.82) is 0 Å². The molecule has 2 aromatic carbocycles. The minimum Gasteiger partial charge on any atom is -0.486 e. The van der Waals surface area contributed by atoms with Crippen molar-refractivity contribution in [2.45, 2.75) is 20.0 Å². The standard InChI is InChI=1S/C16H17N3OS/c1-2-9-17-16-19-18-15(21-16)11-20-14-8-7-12-5-3-4-6-13(12)10-14/h3-8,10H,2,9,11H2,1H3,(H,17,19). The molecule has 0 spiro atoms. The number of ether oxygens (including phenoxy) is 1. The van der Waals surface area contributed by atoms with Crippen molar-refractivity contribution in [2.24, 2.45) is 0 Å². The lowest BCUT2D eigenvalue weighted by Crippen LogP contribution is -1.98. The molecule has 3 rings (SSSR count). The van der Waals surface area contributed by atoms with Crippen LogP contribution in [0.3, 0.4) is 0 Å². The van der Waals surface area contributed by atoms with Gasteiger partial charge in [0.25, 0.3) is 0 Å². The van der Waals surface area contributed by atoms with Crippen LogP contribution in [0.25, 0.3) is 10.8 Å². The van der Waals surface area contributed by atoms with Crippen LogP contribution in [0.2, 0.25) is 0 Å². The van der Waals surface area contributed by atoms with Crippen molar-refractivity contribution in [3.05, 3.63) is 47.5 Å². The van der Waals surface area contributed by atoms with Crippen molar-refractivity contribution in [1.82, 2.24) is 10.2 Å². The Morgan fingerprint density at radius 2 is 1.95 bits per heavy atom. The third kappa shape index (κ3) is 3.49. The molecule has 0 unspecified atom stereocenters. The molecule has 0 bridgehead atoms. The molecule has 4 nitrogen and oxygen atoms in total. The maximum atomic E-state index is 5.80. The van der Waals surface area contributed by atoms with Gasteiger partial charge in [0.1, 0.15) is 12.4 Å². The highest BCUT2D eigenvalue weighted by molar-refractivity contribution is 7.15. The van der Waals surface area contributed by atoms with Crippen LogP contribution >= 0.6 is 11.3 Å². The smallest absolute Gasteiger partial charge is 0.205 e. The van der Waals surface area contributed by atoms with Gasteiger partial charge in [-0.25, -0.2) is 0 Å². The Labute approximate surface area is 127 Å². The van der Waals surface area contributed by atoms with Crippen molar-refractivity contribution in [3.8, 4) is 5.75 Å². The van der Waals surface area contributed by atoms with E-state index < -0.39 is 0 Å². The summed E-state index contributed by atoms with van der Waals surface area (Å²) in [5.41, 5.74) is 0. The van der Waals surface area contributed by atoms with Crippen molar-refractivity contribution < 1.29 is 4.74 Å². The Balaban J connectivity index is 1.64. The highest BCUT2D eigenvalue weighted by Gasteiger charge is 2.04. The molecule has 0 saturated carbocycles. The van der Waals surface area contributed by atoms with Crippen LogP contribution in [0.15, 0.2) is 42.5 Å². The van der Waals surface area contributed by atoms with E-state index in [4.69, 9.17) is 4.74 Å². The van der Waals surface area contributed by atoms with Gasteiger partial charge >= 0.3 is 0 Å². The average molecular weight is 299 g/mol. The molecule has 0 saturated heterocycles. The zero-order chi connectivity index (χ0) is 14.5. The molecule has 21 heavy (non-hydrogen) atoms.